The van der Waals surface area contributed by atoms with Crippen molar-refractivity contribution < 1.29 is 23.9 Å². The van der Waals surface area contributed by atoms with E-state index in [9.17, 15) is 14.4 Å². The fraction of sp³-hybridized carbons (Fsp3) is 0.308. The summed E-state index contributed by atoms with van der Waals surface area (Å²) in [6, 6.07) is 7.98. The van der Waals surface area contributed by atoms with Crippen LogP contribution in [0.5, 0.6) is 5.75 Å². The summed E-state index contributed by atoms with van der Waals surface area (Å²) >= 11 is 6.17. The summed E-state index contributed by atoms with van der Waals surface area (Å²) in [6.07, 6.45) is 1.33. The van der Waals surface area contributed by atoms with Crippen molar-refractivity contribution in [1.82, 2.24) is 25.2 Å². The van der Waals surface area contributed by atoms with E-state index >= 15 is 0 Å². The van der Waals surface area contributed by atoms with Gasteiger partial charge in [-0.2, -0.15) is 4.98 Å². The number of halogens is 1. The van der Waals surface area contributed by atoms with Crippen molar-refractivity contribution in [3.8, 4) is 5.75 Å². The molecule has 1 aliphatic heterocycles. The van der Waals surface area contributed by atoms with Crippen molar-refractivity contribution in [2.75, 3.05) is 63.0 Å². The lowest BCUT2D eigenvalue weighted by molar-refractivity contribution is -0.133. The maximum Gasteiger partial charge on any atom is 0.259 e. The summed E-state index contributed by atoms with van der Waals surface area (Å²) < 4.78 is 10.6. The van der Waals surface area contributed by atoms with Gasteiger partial charge < -0.3 is 35.6 Å². The third-order valence-corrected chi connectivity index (χ3v) is 6.21. The summed E-state index contributed by atoms with van der Waals surface area (Å²) in [5.41, 5.74) is 1.18. The van der Waals surface area contributed by atoms with Gasteiger partial charge in [-0.1, -0.05) is 17.7 Å². The van der Waals surface area contributed by atoms with Gasteiger partial charge in [-0.15, -0.1) is 0 Å². The lowest BCUT2D eigenvalue weighted by atomic mass is 10.1. The number of benzene rings is 1. The standard InChI is InChI=1S/C26H29ClN8O5/c1-15-11-21(34-26(31-15)30-14-22(36)35-7-9-40-10-8-35)33-20-12-19(17(13-29-20)24(37)28-2)32-25(38)16-5-4-6-18(27)23(16)39-3/h4-6,11-13H,7-10,14H2,1-3H3,(H,28,37)(H3,29,30,31,32,33,34,38). The van der Waals surface area contributed by atoms with Gasteiger partial charge >= 0.3 is 0 Å². The van der Waals surface area contributed by atoms with E-state index in [-0.39, 0.29) is 46.0 Å². The normalized spacial score (nSPS) is 12.8. The number of pyridine rings is 1. The van der Waals surface area contributed by atoms with Gasteiger partial charge in [0, 0.05) is 44.2 Å². The molecule has 3 aromatic rings. The molecule has 4 rings (SSSR count). The average Bonchev–Trinajstić information content (AvgIpc) is 2.95. The minimum absolute atomic E-state index is 0.0329. The maximum absolute atomic E-state index is 13.1. The Morgan fingerprint density at radius 2 is 1.85 bits per heavy atom. The SMILES string of the molecule is CNC(=O)c1cnc(Nc2cc(C)nc(NCC(=O)N3CCOCC3)n2)cc1NC(=O)c1cccc(Cl)c1OC. The number of morpholine rings is 1. The number of aromatic nitrogens is 3. The molecule has 0 bridgehead atoms. The van der Waals surface area contributed by atoms with E-state index < -0.39 is 11.8 Å². The molecule has 0 atom stereocenters. The molecule has 2 aromatic heterocycles. The van der Waals surface area contributed by atoms with Crippen LogP contribution in [0.3, 0.4) is 0 Å². The van der Waals surface area contributed by atoms with Crippen LogP contribution in [0.4, 0.5) is 23.3 Å². The summed E-state index contributed by atoms with van der Waals surface area (Å²) in [6.45, 7) is 3.94. The third-order valence-electron chi connectivity index (χ3n) is 5.91. The fourth-order valence-corrected chi connectivity index (χ4v) is 4.20. The highest BCUT2D eigenvalue weighted by Crippen LogP contribution is 2.30. The maximum atomic E-state index is 13.1. The van der Waals surface area contributed by atoms with Crippen LogP contribution in [0.2, 0.25) is 5.02 Å². The zero-order valence-electron chi connectivity index (χ0n) is 22.2. The molecule has 0 unspecified atom stereocenters. The van der Waals surface area contributed by atoms with Gasteiger partial charge in [0.15, 0.2) is 0 Å². The molecule has 3 heterocycles. The molecule has 210 valence electrons. The quantitative estimate of drug-likeness (QED) is 0.302. The summed E-state index contributed by atoms with van der Waals surface area (Å²) in [4.78, 5) is 52.9. The number of hydrogen-bond donors (Lipinski definition) is 4. The van der Waals surface area contributed by atoms with Crippen molar-refractivity contribution >= 4 is 52.6 Å². The molecule has 14 heteroatoms. The first kappa shape index (κ1) is 28.5. The molecule has 13 nitrogen and oxygen atoms in total. The molecule has 1 fully saturated rings. The van der Waals surface area contributed by atoms with Crippen LogP contribution in [0.1, 0.15) is 26.4 Å². The molecule has 4 N–H and O–H groups in total. The summed E-state index contributed by atoms with van der Waals surface area (Å²) in [7, 11) is 2.88. The van der Waals surface area contributed by atoms with Crippen molar-refractivity contribution in [2.45, 2.75) is 6.92 Å². The average molecular weight is 569 g/mol. The molecule has 0 aliphatic carbocycles. The number of carbonyl (C=O) groups is 3. The Morgan fingerprint density at radius 1 is 1.07 bits per heavy atom. The van der Waals surface area contributed by atoms with Crippen LogP contribution >= 0.6 is 11.6 Å². The number of hydrogen-bond acceptors (Lipinski definition) is 10. The number of anilines is 4. The first-order valence-electron chi connectivity index (χ1n) is 12.4. The van der Waals surface area contributed by atoms with E-state index in [0.717, 1.165) is 0 Å². The van der Waals surface area contributed by atoms with E-state index in [1.165, 1.54) is 26.4 Å². The highest BCUT2D eigenvalue weighted by atomic mass is 35.5. The molecule has 40 heavy (non-hydrogen) atoms. The van der Waals surface area contributed by atoms with Crippen molar-refractivity contribution in [2.24, 2.45) is 0 Å². The van der Waals surface area contributed by atoms with E-state index in [4.69, 9.17) is 21.1 Å². The molecule has 1 aromatic carbocycles. The van der Waals surface area contributed by atoms with Gasteiger partial charge in [-0.3, -0.25) is 14.4 Å². The molecule has 1 aliphatic rings. The van der Waals surface area contributed by atoms with Gasteiger partial charge in [0.2, 0.25) is 11.9 Å². The Morgan fingerprint density at radius 3 is 2.58 bits per heavy atom. The molecule has 0 saturated carbocycles. The van der Waals surface area contributed by atoms with Gasteiger partial charge in [-0.25, -0.2) is 9.97 Å². The second kappa shape index (κ2) is 13.0. The number of nitrogens with one attached hydrogen (secondary N) is 4. The molecule has 0 radical (unpaired) electrons. The van der Waals surface area contributed by atoms with E-state index in [1.807, 2.05) is 0 Å². The van der Waals surface area contributed by atoms with Gasteiger partial charge in [0.1, 0.15) is 17.4 Å². The van der Waals surface area contributed by atoms with Crippen molar-refractivity contribution in [1.29, 1.82) is 0 Å². The van der Waals surface area contributed by atoms with Crippen LogP contribution in [-0.4, -0.2) is 84.6 Å². The molecule has 0 spiro atoms. The number of aryl methyl sites for hydroxylation is 1. The number of para-hydroxylation sites is 1. The van der Waals surface area contributed by atoms with Gasteiger partial charge in [0.05, 0.1) is 48.7 Å². The van der Waals surface area contributed by atoms with Gasteiger partial charge in [-0.05, 0) is 19.1 Å². The highest BCUT2D eigenvalue weighted by Gasteiger charge is 2.20. The lowest BCUT2D eigenvalue weighted by Crippen LogP contribution is -2.43. The largest absolute Gasteiger partial charge is 0.494 e. The predicted molar refractivity (Wildman–Crippen MR) is 150 cm³/mol. The third kappa shape index (κ3) is 6.93. The first-order chi connectivity index (χ1) is 19.3. The van der Waals surface area contributed by atoms with Crippen molar-refractivity contribution in [3.05, 3.63) is 58.4 Å². The number of ether oxygens (including phenoxy) is 2. The van der Waals surface area contributed by atoms with Crippen LogP contribution in [-0.2, 0) is 9.53 Å². The first-order valence-corrected chi connectivity index (χ1v) is 12.7. The van der Waals surface area contributed by atoms with Crippen LogP contribution in [0.15, 0.2) is 36.5 Å². The second-order valence-corrected chi connectivity index (χ2v) is 9.07. The number of methoxy groups -OCH3 is 1. The molecule has 1 saturated heterocycles. The van der Waals surface area contributed by atoms with Gasteiger partial charge in [0.25, 0.3) is 11.8 Å². The van der Waals surface area contributed by atoms with E-state index in [2.05, 4.69) is 36.2 Å². The van der Waals surface area contributed by atoms with Crippen LogP contribution in [0.25, 0.3) is 0 Å². The smallest absolute Gasteiger partial charge is 0.259 e. The molecular formula is C26H29ClN8O5. The lowest BCUT2D eigenvalue weighted by Gasteiger charge is -2.26. The highest BCUT2D eigenvalue weighted by molar-refractivity contribution is 6.33. The van der Waals surface area contributed by atoms with E-state index in [0.29, 0.717) is 43.6 Å². The summed E-state index contributed by atoms with van der Waals surface area (Å²) in [5.74, 6) is 0.104. The van der Waals surface area contributed by atoms with Crippen molar-refractivity contribution in [3.63, 3.8) is 0 Å². The molecular weight excluding hydrogens is 540 g/mol. The fourth-order valence-electron chi connectivity index (χ4n) is 3.95. The number of nitrogens with zero attached hydrogens (tertiary/aromatic N) is 4. The van der Waals surface area contributed by atoms with Crippen LogP contribution in [0, 0.1) is 6.92 Å². The minimum Gasteiger partial charge on any atom is -0.494 e. The Bertz CT molecular complexity index is 1410. The van der Waals surface area contributed by atoms with E-state index in [1.54, 1.807) is 36.1 Å². The number of amides is 3. The Balaban J connectivity index is 1.54. The summed E-state index contributed by atoms with van der Waals surface area (Å²) in [5, 5.41) is 11.6. The Labute approximate surface area is 235 Å². The zero-order valence-corrected chi connectivity index (χ0v) is 23.0. The monoisotopic (exact) mass is 568 g/mol. The molecule has 3 amide bonds. The predicted octanol–water partition coefficient (Wildman–Crippen LogP) is 2.47. The second-order valence-electron chi connectivity index (χ2n) is 8.66. The topological polar surface area (TPSA) is 160 Å². The van der Waals surface area contributed by atoms with Crippen LogP contribution < -0.4 is 26.0 Å². The number of rotatable bonds is 9. The zero-order chi connectivity index (χ0) is 28.6. The Kier molecular flexibility index (Phi) is 9.30. The Hall–Kier alpha value is -4.49. The minimum atomic E-state index is -0.532. The number of carbonyl (C=O) groups excluding carboxylic acids is 3.